The molecule has 1 aromatic carbocycles. The highest BCUT2D eigenvalue weighted by molar-refractivity contribution is 5.77. The maximum Gasteiger partial charge on any atom is 0.223 e. The van der Waals surface area contributed by atoms with Crippen molar-refractivity contribution in [3.8, 4) is 0 Å². The van der Waals surface area contributed by atoms with Crippen molar-refractivity contribution in [2.75, 3.05) is 13.1 Å². The second kappa shape index (κ2) is 6.14. The van der Waals surface area contributed by atoms with Crippen molar-refractivity contribution < 1.29 is 4.79 Å². The van der Waals surface area contributed by atoms with Crippen molar-refractivity contribution >= 4 is 5.91 Å². The molecule has 5 nitrogen and oxygen atoms in total. The van der Waals surface area contributed by atoms with E-state index < -0.39 is 0 Å². The van der Waals surface area contributed by atoms with E-state index in [1.807, 2.05) is 4.90 Å². The first-order valence-corrected chi connectivity index (χ1v) is 8.51. The summed E-state index contributed by atoms with van der Waals surface area (Å²) in [5, 5.41) is 7.75. The largest absolute Gasteiger partial charge is 0.343 e. The average molecular weight is 310 g/mol. The van der Waals surface area contributed by atoms with Crippen molar-refractivity contribution in [2.45, 2.75) is 44.1 Å². The van der Waals surface area contributed by atoms with Gasteiger partial charge in [0.2, 0.25) is 5.91 Å². The van der Waals surface area contributed by atoms with Gasteiger partial charge in [-0.05, 0) is 42.7 Å². The molecule has 1 fully saturated rings. The molecule has 1 aliphatic heterocycles. The van der Waals surface area contributed by atoms with Crippen LogP contribution < -0.4 is 0 Å². The number of hydrogen-bond acceptors (Lipinski definition) is 3. The van der Waals surface area contributed by atoms with Crippen LogP contribution >= 0.6 is 0 Å². The fraction of sp³-hybridized carbons (Fsp3) is 0.500. The summed E-state index contributed by atoms with van der Waals surface area (Å²) in [6.07, 6.45) is 8.42. The number of aryl methyl sites for hydroxylation is 1. The Morgan fingerprint density at radius 3 is 2.61 bits per heavy atom. The number of hydrogen-bond donors (Lipinski definition) is 0. The van der Waals surface area contributed by atoms with Crippen LogP contribution in [0, 0.1) is 0 Å². The van der Waals surface area contributed by atoms with Crippen molar-refractivity contribution in [1.82, 2.24) is 19.7 Å². The summed E-state index contributed by atoms with van der Waals surface area (Å²) in [5.74, 6) is 0.725. The van der Waals surface area contributed by atoms with Crippen molar-refractivity contribution in [2.24, 2.45) is 0 Å². The lowest BCUT2D eigenvalue weighted by Gasteiger charge is -2.33. The van der Waals surface area contributed by atoms with Gasteiger partial charge in [-0.2, -0.15) is 0 Å². The minimum absolute atomic E-state index is 0.314. The number of fused-ring (bicyclic) bond motifs is 1. The molecule has 2 heterocycles. The maximum atomic E-state index is 12.7. The SMILES string of the molecule is O=C(C[C@H]1CCc2ccccc21)N1CCC(n2cnnc2)CC1. The summed E-state index contributed by atoms with van der Waals surface area (Å²) in [4.78, 5) is 14.7. The smallest absolute Gasteiger partial charge is 0.223 e. The molecule has 23 heavy (non-hydrogen) atoms. The zero-order valence-electron chi connectivity index (χ0n) is 13.3. The van der Waals surface area contributed by atoms with Gasteiger partial charge >= 0.3 is 0 Å². The maximum absolute atomic E-state index is 12.7. The Labute approximate surface area is 136 Å². The number of carbonyl (C=O) groups excluding carboxylic acids is 1. The molecule has 1 amide bonds. The van der Waals surface area contributed by atoms with Crippen LogP contribution in [0.2, 0.25) is 0 Å². The number of piperidine rings is 1. The van der Waals surface area contributed by atoms with Gasteiger partial charge in [0.15, 0.2) is 0 Å². The van der Waals surface area contributed by atoms with Crippen LogP contribution in [0.4, 0.5) is 0 Å². The van der Waals surface area contributed by atoms with Crippen LogP contribution in [0.3, 0.4) is 0 Å². The van der Waals surface area contributed by atoms with Crippen LogP contribution in [-0.4, -0.2) is 38.7 Å². The highest BCUT2D eigenvalue weighted by Crippen LogP contribution is 2.36. The Balaban J connectivity index is 1.34. The molecule has 120 valence electrons. The molecule has 2 aromatic rings. The van der Waals surface area contributed by atoms with E-state index in [1.54, 1.807) is 12.7 Å². The lowest BCUT2D eigenvalue weighted by molar-refractivity contribution is -0.132. The highest BCUT2D eigenvalue weighted by Gasteiger charge is 2.28. The monoisotopic (exact) mass is 310 g/mol. The van der Waals surface area contributed by atoms with Crippen LogP contribution in [0.25, 0.3) is 0 Å². The summed E-state index contributed by atoms with van der Waals surface area (Å²) < 4.78 is 2.06. The lowest BCUT2D eigenvalue weighted by Crippen LogP contribution is -2.39. The molecule has 0 N–H and O–H groups in total. The van der Waals surface area contributed by atoms with Gasteiger partial charge < -0.3 is 9.47 Å². The minimum atomic E-state index is 0.314. The fourth-order valence-corrected chi connectivity index (χ4v) is 4.01. The molecule has 0 radical (unpaired) electrons. The molecular weight excluding hydrogens is 288 g/mol. The first-order valence-electron chi connectivity index (χ1n) is 8.51. The first kappa shape index (κ1) is 14.4. The van der Waals surface area contributed by atoms with E-state index in [0.29, 0.717) is 24.3 Å². The van der Waals surface area contributed by atoms with E-state index in [0.717, 1.165) is 38.8 Å². The molecule has 4 rings (SSSR count). The molecule has 0 bridgehead atoms. The van der Waals surface area contributed by atoms with Gasteiger partial charge in [0.25, 0.3) is 0 Å². The number of nitrogens with zero attached hydrogens (tertiary/aromatic N) is 4. The molecule has 0 unspecified atom stereocenters. The van der Waals surface area contributed by atoms with Crippen LogP contribution in [0.5, 0.6) is 0 Å². The summed E-state index contributed by atoms with van der Waals surface area (Å²) in [5.41, 5.74) is 2.82. The Morgan fingerprint density at radius 1 is 1.09 bits per heavy atom. The number of carbonyl (C=O) groups is 1. The standard InChI is InChI=1S/C18H22N4O/c23-18(11-15-6-5-14-3-1-2-4-17(14)15)21-9-7-16(8-10-21)22-12-19-20-13-22/h1-4,12-13,15-16H,5-11H2/t15-/m1/s1. The third kappa shape index (κ3) is 2.87. The van der Waals surface area contributed by atoms with Gasteiger partial charge in [0.1, 0.15) is 12.7 Å². The lowest BCUT2D eigenvalue weighted by atomic mass is 9.96. The minimum Gasteiger partial charge on any atom is -0.343 e. The fourth-order valence-electron chi connectivity index (χ4n) is 4.01. The molecule has 1 aromatic heterocycles. The zero-order valence-corrected chi connectivity index (χ0v) is 13.3. The number of rotatable bonds is 3. The zero-order chi connectivity index (χ0) is 15.6. The molecule has 5 heteroatoms. The molecule has 1 saturated heterocycles. The van der Waals surface area contributed by atoms with Gasteiger partial charge in [0.05, 0.1) is 0 Å². The van der Waals surface area contributed by atoms with E-state index in [1.165, 1.54) is 11.1 Å². The molecule has 0 spiro atoms. The van der Waals surface area contributed by atoms with Gasteiger partial charge in [-0.1, -0.05) is 24.3 Å². The number of aromatic nitrogens is 3. The molecule has 2 aliphatic rings. The first-order chi connectivity index (χ1) is 11.3. The molecular formula is C18H22N4O. The average Bonchev–Trinajstić information content (AvgIpc) is 3.25. The van der Waals surface area contributed by atoms with E-state index in [2.05, 4.69) is 39.0 Å². The predicted molar refractivity (Wildman–Crippen MR) is 87.0 cm³/mol. The Morgan fingerprint density at radius 2 is 1.83 bits per heavy atom. The summed E-state index contributed by atoms with van der Waals surface area (Å²) in [6, 6.07) is 9.01. The van der Waals surface area contributed by atoms with Gasteiger partial charge in [-0.3, -0.25) is 4.79 Å². The third-order valence-corrected chi connectivity index (χ3v) is 5.35. The molecule has 0 saturated carbocycles. The number of benzene rings is 1. The molecule has 1 atom stereocenters. The van der Waals surface area contributed by atoms with E-state index in [4.69, 9.17) is 0 Å². The van der Waals surface area contributed by atoms with Crippen molar-refractivity contribution in [3.63, 3.8) is 0 Å². The summed E-state index contributed by atoms with van der Waals surface area (Å²) in [6.45, 7) is 1.69. The van der Waals surface area contributed by atoms with Gasteiger partial charge in [-0.15, -0.1) is 10.2 Å². The molecule has 1 aliphatic carbocycles. The second-order valence-corrected chi connectivity index (χ2v) is 6.66. The third-order valence-electron chi connectivity index (χ3n) is 5.35. The van der Waals surface area contributed by atoms with Crippen LogP contribution in [0.15, 0.2) is 36.9 Å². The van der Waals surface area contributed by atoms with Crippen LogP contribution in [-0.2, 0) is 11.2 Å². The van der Waals surface area contributed by atoms with Gasteiger partial charge in [0, 0.05) is 25.6 Å². The normalized spacial score (nSPS) is 21.4. The summed E-state index contributed by atoms with van der Waals surface area (Å²) in [7, 11) is 0. The highest BCUT2D eigenvalue weighted by atomic mass is 16.2. The van der Waals surface area contributed by atoms with Crippen LogP contribution in [0.1, 0.15) is 48.8 Å². The summed E-state index contributed by atoms with van der Waals surface area (Å²) >= 11 is 0. The predicted octanol–water partition coefficient (Wildman–Crippen LogP) is 2.56. The number of likely N-dealkylation sites (tertiary alicyclic amines) is 1. The quantitative estimate of drug-likeness (QED) is 0.875. The van der Waals surface area contributed by atoms with Gasteiger partial charge in [-0.25, -0.2) is 0 Å². The van der Waals surface area contributed by atoms with E-state index in [9.17, 15) is 4.79 Å². The van der Waals surface area contributed by atoms with Crippen molar-refractivity contribution in [1.29, 1.82) is 0 Å². The number of amides is 1. The topological polar surface area (TPSA) is 51.0 Å². The Bertz CT molecular complexity index is 674. The van der Waals surface area contributed by atoms with E-state index >= 15 is 0 Å². The van der Waals surface area contributed by atoms with Crippen molar-refractivity contribution in [3.05, 3.63) is 48.0 Å². The second-order valence-electron chi connectivity index (χ2n) is 6.66. The Hall–Kier alpha value is -2.17. The Kier molecular flexibility index (Phi) is 3.85. The van der Waals surface area contributed by atoms with E-state index in [-0.39, 0.29) is 0 Å².